The van der Waals surface area contributed by atoms with E-state index in [4.69, 9.17) is 0 Å². The molecule has 0 aliphatic rings. The molecule has 0 saturated carbocycles. The molecule has 0 amide bonds. The first kappa shape index (κ1) is 7.43. The summed E-state index contributed by atoms with van der Waals surface area (Å²) in [5.74, 6) is -0.259. The van der Waals surface area contributed by atoms with E-state index in [1.807, 2.05) is 0 Å². The van der Waals surface area contributed by atoms with Gasteiger partial charge in [-0.2, -0.15) is 0 Å². The lowest BCUT2D eigenvalue weighted by Gasteiger charge is -1.94. The quantitative estimate of drug-likeness (QED) is 0.617. The van der Waals surface area contributed by atoms with E-state index >= 15 is 0 Å². The van der Waals surface area contributed by atoms with E-state index in [9.17, 15) is 9.18 Å². The normalized spacial score (nSPS) is 10.4. The van der Waals surface area contributed by atoms with Crippen molar-refractivity contribution in [3.05, 3.63) is 35.0 Å². The van der Waals surface area contributed by atoms with Gasteiger partial charge in [-0.3, -0.25) is 4.79 Å². The first-order chi connectivity index (χ1) is 5.83. The predicted octanol–water partition coefficient (Wildman–Crippen LogP) is 2.85. The Kier molecular flexibility index (Phi) is 1.66. The molecular formula is C9H5FOS. The molecule has 1 nitrogen and oxygen atoms in total. The smallest absolute Gasteiger partial charge is 0.150 e. The molecular weight excluding hydrogens is 175 g/mol. The highest BCUT2D eigenvalue weighted by Crippen LogP contribution is 2.25. The van der Waals surface area contributed by atoms with Crippen LogP contribution in [0.2, 0.25) is 0 Å². The summed E-state index contributed by atoms with van der Waals surface area (Å²) < 4.78 is 13.6. The third-order valence-electron chi connectivity index (χ3n) is 1.73. The van der Waals surface area contributed by atoms with Crippen LogP contribution in [-0.4, -0.2) is 6.29 Å². The SMILES string of the molecule is O=Cc1ccc(F)c2sccc12. The van der Waals surface area contributed by atoms with Crippen molar-refractivity contribution < 1.29 is 9.18 Å². The fourth-order valence-electron chi connectivity index (χ4n) is 1.15. The maximum atomic E-state index is 13.0. The molecule has 3 heteroatoms. The van der Waals surface area contributed by atoms with Crippen molar-refractivity contribution in [2.75, 3.05) is 0 Å². The van der Waals surface area contributed by atoms with Crippen LogP contribution in [0.3, 0.4) is 0 Å². The van der Waals surface area contributed by atoms with Crippen molar-refractivity contribution in [3.63, 3.8) is 0 Å². The molecule has 0 unspecified atom stereocenters. The van der Waals surface area contributed by atoms with Crippen LogP contribution in [-0.2, 0) is 0 Å². The Balaban J connectivity index is 2.91. The van der Waals surface area contributed by atoms with Gasteiger partial charge in [-0.15, -0.1) is 11.3 Å². The summed E-state index contributed by atoms with van der Waals surface area (Å²) in [5, 5.41) is 2.48. The monoisotopic (exact) mass is 180 g/mol. The summed E-state index contributed by atoms with van der Waals surface area (Å²) >= 11 is 1.31. The zero-order valence-corrected chi connectivity index (χ0v) is 6.90. The molecule has 2 aromatic rings. The Hall–Kier alpha value is -1.22. The zero-order chi connectivity index (χ0) is 8.55. The van der Waals surface area contributed by atoms with Crippen LogP contribution < -0.4 is 0 Å². The Morgan fingerprint density at radius 2 is 2.17 bits per heavy atom. The van der Waals surface area contributed by atoms with Crippen LogP contribution in [0.15, 0.2) is 23.6 Å². The Morgan fingerprint density at radius 1 is 1.33 bits per heavy atom. The molecule has 0 N–H and O–H groups in total. The Morgan fingerprint density at radius 3 is 2.92 bits per heavy atom. The maximum absolute atomic E-state index is 13.0. The number of thiophene rings is 1. The molecule has 0 radical (unpaired) electrons. The topological polar surface area (TPSA) is 17.1 Å². The zero-order valence-electron chi connectivity index (χ0n) is 6.08. The second kappa shape index (κ2) is 2.68. The van der Waals surface area contributed by atoms with E-state index in [-0.39, 0.29) is 5.82 Å². The minimum Gasteiger partial charge on any atom is -0.298 e. The van der Waals surface area contributed by atoms with E-state index in [1.165, 1.54) is 23.5 Å². The van der Waals surface area contributed by atoms with Crippen molar-refractivity contribution in [1.29, 1.82) is 0 Å². The summed E-state index contributed by atoms with van der Waals surface area (Å²) in [6.45, 7) is 0. The molecule has 0 atom stereocenters. The third kappa shape index (κ3) is 0.940. The number of hydrogen-bond donors (Lipinski definition) is 0. The summed E-state index contributed by atoms with van der Waals surface area (Å²) in [6.07, 6.45) is 0.745. The molecule has 1 aromatic heterocycles. The van der Waals surface area contributed by atoms with Gasteiger partial charge in [0, 0.05) is 10.9 Å². The minimum absolute atomic E-state index is 0.259. The summed E-state index contributed by atoms with van der Waals surface area (Å²) in [4.78, 5) is 10.5. The van der Waals surface area contributed by atoms with Gasteiger partial charge < -0.3 is 0 Å². The number of carbonyl (C=O) groups excluding carboxylic acids is 1. The highest BCUT2D eigenvalue weighted by molar-refractivity contribution is 7.17. The van der Waals surface area contributed by atoms with Gasteiger partial charge >= 0.3 is 0 Å². The molecule has 0 fully saturated rings. The molecule has 0 saturated heterocycles. The second-order valence-electron chi connectivity index (χ2n) is 2.42. The highest BCUT2D eigenvalue weighted by atomic mass is 32.1. The number of carbonyl (C=O) groups is 1. The molecule has 1 heterocycles. The van der Waals surface area contributed by atoms with Gasteiger partial charge in [0.15, 0.2) is 6.29 Å². The predicted molar refractivity (Wildman–Crippen MR) is 47.2 cm³/mol. The molecule has 0 spiro atoms. The third-order valence-corrected chi connectivity index (χ3v) is 2.65. The van der Waals surface area contributed by atoms with Crippen molar-refractivity contribution >= 4 is 27.7 Å². The number of fused-ring (bicyclic) bond motifs is 1. The summed E-state index contributed by atoms with van der Waals surface area (Å²) in [5.41, 5.74) is 0.549. The number of benzene rings is 1. The minimum atomic E-state index is -0.259. The van der Waals surface area contributed by atoms with Crippen LogP contribution in [0, 0.1) is 5.82 Å². The van der Waals surface area contributed by atoms with Crippen molar-refractivity contribution in [2.45, 2.75) is 0 Å². The van der Waals surface area contributed by atoms with E-state index in [2.05, 4.69) is 0 Å². The van der Waals surface area contributed by atoms with Gasteiger partial charge in [0.2, 0.25) is 0 Å². The first-order valence-corrected chi connectivity index (χ1v) is 4.32. The maximum Gasteiger partial charge on any atom is 0.150 e. The van der Waals surface area contributed by atoms with Gasteiger partial charge in [0.1, 0.15) is 5.82 Å². The van der Waals surface area contributed by atoms with E-state index in [0.717, 1.165) is 6.29 Å². The highest BCUT2D eigenvalue weighted by Gasteiger charge is 2.05. The Bertz CT molecular complexity index is 433. The van der Waals surface area contributed by atoms with E-state index in [1.54, 1.807) is 11.4 Å². The van der Waals surface area contributed by atoms with Gasteiger partial charge in [0.25, 0.3) is 0 Å². The van der Waals surface area contributed by atoms with Gasteiger partial charge in [-0.25, -0.2) is 4.39 Å². The largest absolute Gasteiger partial charge is 0.298 e. The van der Waals surface area contributed by atoms with Crippen molar-refractivity contribution in [3.8, 4) is 0 Å². The summed E-state index contributed by atoms with van der Waals surface area (Å²) in [7, 11) is 0. The van der Waals surface area contributed by atoms with Crippen LogP contribution in [0.4, 0.5) is 4.39 Å². The number of halogens is 1. The molecule has 0 aliphatic carbocycles. The van der Waals surface area contributed by atoms with Gasteiger partial charge in [-0.1, -0.05) is 0 Å². The van der Waals surface area contributed by atoms with Gasteiger partial charge in [-0.05, 0) is 23.6 Å². The average molecular weight is 180 g/mol. The molecule has 12 heavy (non-hydrogen) atoms. The number of aldehydes is 1. The average Bonchev–Trinajstić information content (AvgIpc) is 2.54. The standard InChI is InChI=1S/C9H5FOS/c10-8-2-1-6(5-11)7-3-4-12-9(7)8/h1-5H. The lowest BCUT2D eigenvalue weighted by Crippen LogP contribution is -1.81. The van der Waals surface area contributed by atoms with Gasteiger partial charge in [0.05, 0.1) is 4.70 Å². The number of rotatable bonds is 1. The van der Waals surface area contributed by atoms with Crippen LogP contribution >= 0.6 is 11.3 Å². The molecule has 60 valence electrons. The van der Waals surface area contributed by atoms with E-state index in [0.29, 0.717) is 15.6 Å². The number of hydrogen-bond acceptors (Lipinski definition) is 2. The fraction of sp³-hybridized carbons (Fsp3) is 0. The lowest BCUT2D eigenvalue weighted by molar-refractivity contribution is 0.112. The van der Waals surface area contributed by atoms with Crippen LogP contribution in [0.25, 0.3) is 10.1 Å². The molecule has 0 aliphatic heterocycles. The Labute approximate surface area is 72.4 Å². The summed E-state index contributed by atoms with van der Waals surface area (Å²) in [6, 6.07) is 4.58. The fourth-order valence-corrected chi connectivity index (χ4v) is 1.99. The molecule has 0 bridgehead atoms. The second-order valence-corrected chi connectivity index (χ2v) is 3.33. The van der Waals surface area contributed by atoms with Crippen molar-refractivity contribution in [2.24, 2.45) is 0 Å². The van der Waals surface area contributed by atoms with Crippen LogP contribution in [0.1, 0.15) is 10.4 Å². The molecule has 1 aromatic carbocycles. The first-order valence-electron chi connectivity index (χ1n) is 3.44. The van der Waals surface area contributed by atoms with Crippen molar-refractivity contribution in [1.82, 2.24) is 0 Å². The van der Waals surface area contributed by atoms with Crippen LogP contribution in [0.5, 0.6) is 0 Å². The lowest BCUT2D eigenvalue weighted by atomic mass is 10.1. The van der Waals surface area contributed by atoms with E-state index < -0.39 is 0 Å². The molecule has 2 rings (SSSR count).